The lowest BCUT2D eigenvalue weighted by molar-refractivity contribution is -0.274. The van der Waals surface area contributed by atoms with Crippen molar-refractivity contribution in [2.24, 2.45) is 25.6 Å². The Balaban J connectivity index is 0.857. The number of ether oxygens (including phenoxy) is 1. The largest absolute Gasteiger partial charge is 0.573 e. The van der Waals surface area contributed by atoms with Crippen LogP contribution in [0.25, 0.3) is 21.5 Å². The Morgan fingerprint density at radius 3 is 1.84 bits per heavy atom. The second-order valence-corrected chi connectivity index (χ2v) is 15.8. The molecule has 0 aromatic heterocycles. The van der Waals surface area contributed by atoms with Gasteiger partial charge in [-0.1, -0.05) is 63.6 Å². The molecular weight excluding hydrogens is 977 g/mol. The summed E-state index contributed by atoms with van der Waals surface area (Å²) >= 11 is 3.39. The molecule has 0 aliphatic heterocycles. The summed E-state index contributed by atoms with van der Waals surface area (Å²) in [6.07, 6.45) is -3.79. The lowest BCUT2D eigenvalue weighted by Gasteiger charge is -2.11. The van der Waals surface area contributed by atoms with Gasteiger partial charge in [-0.2, -0.15) is 10.2 Å². The summed E-state index contributed by atoms with van der Waals surface area (Å²) in [5, 5.41) is 48.9. The van der Waals surface area contributed by atoms with Crippen molar-refractivity contribution in [1.29, 1.82) is 0 Å². The minimum absolute atomic E-state index is 0.0502. The van der Waals surface area contributed by atoms with Gasteiger partial charge in [0.25, 0.3) is 5.91 Å². The Bertz CT molecular complexity index is 3350. The number of oxime groups is 1. The number of nitrogens with one attached hydrogen (secondary N) is 3. The molecule has 350 valence electrons. The first-order chi connectivity index (χ1) is 33.7. The van der Waals surface area contributed by atoms with Crippen LogP contribution in [0.5, 0.6) is 17.2 Å². The fraction of sp³-hybridized carbons (Fsp3) is 0.0400. The van der Waals surface area contributed by atoms with E-state index < -0.39 is 24.1 Å². The van der Waals surface area contributed by atoms with Crippen molar-refractivity contribution in [1.82, 2.24) is 5.32 Å². The highest BCUT2D eigenvalue weighted by atomic mass is 79.9. The average molecular weight is 1010 g/mol. The molecule has 70 heavy (non-hydrogen) atoms. The van der Waals surface area contributed by atoms with Crippen molar-refractivity contribution in [3.8, 4) is 17.2 Å². The summed E-state index contributed by atoms with van der Waals surface area (Å²) in [7, 11) is 0. The second kappa shape index (κ2) is 21.2. The van der Waals surface area contributed by atoms with Gasteiger partial charge in [0.1, 0.15) is 35.2 Å². The number of benzene rings is 8. The maximum absolute atomic E-state index is 13.4. The van der Waals surface area contributed by atoms with Gasteiger partial charge in [-0.25, -0.2) is 10.3 Å². The molecule has 0 aliphatic rings. The summed E-state index contributed by atoms with van der Waals surface area (Å²) in [6, 6.07) is 39.7. The number of rotatable bonds is 15. The molecule has 16 nitrogen and oxygen atoms in total. The number of carbonyl (C=O) groups is 3. The van der Waals surface area contributed by atoms with E-state index in [1.165, 1.54) is 48.5 Å². The molecule has 3 amide bonds. The summed E-state index contributed by atoms with van der Waals surface area (Å²) in [5.74, 6) is -1.92. The Labute approximate surface area is 402 Å². The van der Waals surface area contributed by atoms with Crippen molar-refractivity contribution >= 4 is 95.7 Å². The SMILES string of the molecule is O=C(NC(=O)c1ccc2c(N=Nc3ccc(C(=O)c4ccc(N=Nc5c(O)ccc6cc(CO/N=C/ONc7cccc(Br)c7)ccc56)cc4)cc3)c(O)ccc2c1)Nc1cccc(OC(F)(F)F)c1. The number of urea groups is 1. The number of aromatic hydroxyl groups is 2. The van der Waals surface area contributed by atoms with Crippen LogP contribution in [0.2, 0.25) is 0 Å². The number of halogens is 4. The lowest BCUT2D eigenvalue weighted by Crippen LogP contribution is -2.34. The monoisotopic (exact) mass is 1010 g/mol. The van der Waals surface area contributed by atoms with Crippen LogP contribution < -0.4 is 20.9 Å². The third kappa shape index (κ3) is 12.2. The first-order valence-corrected chi connectivity index (χ1v) is 21.4. The van der Waals surface area contributed by atoms with Crippen LogP contribution in [0.4, 0.5) is 52.1 Å². The van der Waals surface area contributed by atoms with Crippen LogP contribution in [-0.2, 0) is 16.3 Å². The van der Waals surface area contributed by atoms with E-state index in [0.717, 1.165) is 39.6 Å². The number of phenols is 2. The number of fused-ring (bicyclic) bond motifs is 2. The van der Waals surface area contributed by atoms with Crippen molar-refractivity contribution in [3.05, 3.63) is 184 Å². The third-order valence-corrected chi connectivity index (χ3v) is 10.5. The Morgan fingerprint density at radius 1 is 0.629 bits per heavy atom. The first-order valence-electron chi connectivity index (χ1n) is 20.6. The second-order valence-electron chi connectivity index (χ2n) is 14.9. The molecule has 20 heteroatoms. The fourth-order valence-electron chi connectivity index (χ4n) is 6.75. The zero-order chi connectivity index (χ0) is 49.2. The highest BCUT2D eigenvalue weighted by Crippen LogP contribution is 2.38. The number of ketones is 1. The molecule has 0 unspecified atom stereocenters. The normalized spacial score (nSPS) is 11.6. The molecule has 8 rings (SSSR count). The van der Waals surface area contributed by atoms with Crippen LogP contribution in [0, 0.1) is 0 Å². The molecular formula is C50H34BrF3N8O8. The Hall–Kier alpha value is -9.17. The maximum atomic E-state index is 13.4. The van der Waals surface area contributed by atoms with Gasteiger partial charge in [-0.05, 0) is 126 Å². The highest BCUT2D eigenvalue weighted by Gasteiger charge is 2.31. The highest BCUT2D eigenvalue weighted by molar-refractivity contribution is 9.10. The molecule has 0 spiro atoms. The van der Waals surface area contributed by atoms with Gasteiger partial charge in [0, 0.05) is 43.7 Å². The molecule has 0 heterocycles. The smallest absolute Gasteiger partial charge is 0.506 e. The van der Waals surface area contributed by atoms with Crippen LogP contribution >= 0.6 is 15.9 Å². The van der Waals surface area contributed by atoms with Crippen molar-refractivity contribution in [3.63, 3.8) is 0 Å². The van der Waals surface area contributed by atoms with Gasteiger partial charge in [0.05, 0.1) is 17.1 Å². The molecule has 8 aromatic carbocycles. The average Bonchev–Trinajstić information content (AvgIpc) is 3.34. The number of imide groups is 1. The van der Waals surface area contributed by atoms with Crippen molar-refractivity contribution < 1.29 is 52.2 Å². The van der Waals surface area contributed by atoms with Gasteiger partial charge < -0.3 is 29.9 Å². The van der Waals surface area contributed by atoms with Crippen molar-refractivity contribution in [2.75, 3.05) is 10.8 Å². The van der Waals surface area contributed by atoms with Crippen LogP contribution in [-0.4, -0.2) is 40.7 Å². The molecule has 0 atom stereocenters. The van der Waals surface area contributed by atoms with Crippen LogP contribution in [0.3, 0.4) is 0 Å². The van der Waals surface area contributed by atoms with Gasteiger partial charge in [0.2, 0.25) is 6.40 Å². The quantitative estimate of drug-likeness (QED) is 0.0217. The van der Waals surface area contributed by atoms with E-state index in [4.69, 9.17) is 9.68 Å². The number of hydrogen-bond donors (Lipinski definition) is 5. The van der Waals surface area contributed by atoms with Crippen LogP contribution in [0.15, 0.2) is 188 Å². The van der Waals surface area contributed by atoms with Crippen LogP contribution in [0.1, 0.15) is 31.8 Å². The van der Waals surface area contributed by atoms with Gasteiger partial charge in [0.15, 0.2) is 5.78 Å². The number of anilines is 2. The predicted molar refractivity (Wildman–Crippen MR) is 258 cm³/mol. The van der Waals surface area contributed by atoms with E-state index in [-0.39, 0.29) is 46.5 Å². The summed E-state index contributed by atoms with van der Waals surface area (Å²) in [6.45, 7) is 0.158. The van der Waals surface area contributed by atoms with E-state index in [2.05, 4.69) is 62.4 Å². The van der Waals surface area contributed by atoms with E-state index in [1.54, 1.807) is 60.7 Å². The fourth-order valence-corrected chi connectivity index (χ4v) is 7.15. The molecule has 0 fully saturated rings. The standard InChI is InChI=1S/C50H34BrF3N8O8/c51-35-3-1-5-39(25-35)62-69-28-55-68-27-29-7-19-41-32(23-29)13-21-43(63)45(41)60-58-36-15-8-30(9-16-36)47(65)31-10-17-37(18-11-31)59-61-46-42-20-12-34(24-33(42)14-22-44(46)64)48(66)57-49(67)56-38-4-2-6-40(26-38)70-50(52,53)54/h1-26,28,62-64H,27H2,(H2,56,57,66,67)/b55-28+,60-58?,61-59?. The minimum Gasteiger partial charge on any atom is -0.506 e. The molecule has 8 aromatic rings. The Morgan fingerprint density at radius 2 is 1.21 bits per heavy atom. The lowest BCUT2D eigenvalue weighted by atomic mass is 10.0. The van der Waals surface area contributed by atoms with Gasteiger partial charge >= 0.3 is 12.4 Å². The first kappa shape index (κ1) is 47.3. The number of hydrogen-bond acceptors (Lipinski definition) is 14. The van der Waals surface area contributed by atoms with E-state index in [9.17, 15) is 37.8 Å². The zero-order valence-electron chi connectivity index (χ0n) is 35.9. The minimum atomic E-state index is -4.93. The molecule has 5 N–H and O–H groups in total. The number of carbonyl (C=O) groups excluding carboxylic acids is 3. The van der Waals surface area contributed by atoms with E-state index in [1.807, 2.05) is 36.4 Å². The number of amides is 3. The molecule has 0 saturated heterocycles. The number of alkyl halides is 3. The molecule has 0 radical (unpaired) electrons. The third-order valence-electron chi connectivity index (χ3n) is 10.0. The summed E-state index contributed by atoms with van der Waals surface area (Å²) in [5.41, 5.74) is 6.18. The topological polar surface area (TPSA) is 217 Å². The van der Waals surface area contributed by atoms with Gasteiger partial charge in [-0.15, -0.1) is 23.4 Å². The summed E-state index contributed by atoms with van der Waals surface area (Å²) in [4.78, 5) is 49.3. The Kier molecular flexibility index (Phi) is 14.3. The zero-order valence-corrected chi connectivity index (χ0v) is 37.5. The van der Waals surface area contributed by atoms with Crippen molar-refractivity contribution in [2.45, 2.75) is 13.0 Å². The predicted octanol–water partition coefficient (Wildman–Crippen LogP) is 13.6. The van der Waals surface area contributed by atoms with Gasteiger partial charge in [-0.3, -0.25) is 14.9 Å². The van der Waals surface area contributed by atoms with E-state index in [0.29, 0.717) is 38.7 Å². The molecule has 0 saturated carbocycles. The summed E-state index contributed by atoms with van der Waals surface area (Å²) < 4.78 is 42.5. The molecule has 0 aliphatic carbocycles. The maximum Gasteiger partial charge on any atom is 0.573 e. The number of azo groups is 2. The number of nitrogens with zero attached hydrogens (tertiary/aromatic N) is 5. The molecule has 0 bridgehead atoms. The number of phenolic OH excluding ortho intramolecular Hbond substituents is 2. The van der Waals surface area contributed by atoms with E-state index >= 15 is 0 Å².